The summed E-state index contributed by atoms with van der Waals surface area (Å²) in [6.07, 6.45) is 0.657. The SMILES string of the molecule is O=C(CCc1cccc(O)c1)Nc1ccc(C(=O)O)c(O)c1. The van der Waals surface area contributed by atoms with Gasteiger partial charge in [0.1, 0.15) is 17.1 Å². The average molecular weight is 301 g/mol. The number of aryl methyl sites for hydroxylation is 1. The fourth-order valence-electron chi connectivity index (χ4n) is 1.98. The molecule has 2 aromatic rings. The van der Waals surface area contributed by atoms with Crippen molar-refractivity contribution >= 4 is 17.6 Å². The first-order valence-electron chi connectivity index (χ1n) is 6.60. The van der Waals surface area contributed by atoms with Gasteiger partial charge >= 0.3 is 5.97 Å². The van der Waals surface area contributed by atoms with Gasteiger partial charge in [0.2, 0.25) is 5.91 Å². The van der Waals surface area contributed by atoms with E-state index in [-0.39, 0.29) is 23.6 Å². The fourth-order valence-corrected chi connectivity index (χ4v) is 1.98. The van der Waals surface area contributed by atoms with E-state index in [4.69, 9.17) is 5.11 Å². The molecular formula is C16H15NO5. The van der Waals surface area contributed by atoms with Crippen molar-refractivity contribution in [2.45, 2.75) is 12.8 Å². The summed E-state index contributed by atoms with van der Waals surface area (Å²) >= 11 is 0. The number of aromatic hydroxyl groups is 2. The van der Waals surface area contributed by atoms with E-state index in [2.05, 4.69) is 5.32 Å². The van der Waals surface area contributed by atoms with Crippen LogP contribution in [0.5, 0.6) is 11.5 Å². The highest BCUT2D eigenvalue weighted by Crippen LogP contribution is 2.22. The first kappa shape index (κ1) is 15.4. The minimum Gasteiger partial charge on any atom is -0.508 e. The lowest BCUT2D eigenvalue weighted by atomic mass is 10.1. The summed E-state index contributed by atoms with van der Waals surface area (Å²) in [5.41, 5.74) is 0.931. The average Bonchev–Trinajstić information content (AvgIpc) is 2.45. The highest BCUT2D eigenvalue weighted by Gasteiger charge is 2.11. The number of benzene rings is 2. The molecule has 0 heterocycles. The molecule has 0 fully saturated rings. The van der Waals surface area contributed by atoms with E-state index >= 15 is 0 Å². The number of carbonyl (C=O) groups is 2. The molecule has 0 aliphatic heterocycles. The standard InChI is InChI=1S/C16H15NO5/c18-12-3-1-2-10(8-12)4-7-15(20)17-11-5-6-13(16(21)22)14(19)9-11/h1-3,5-6,8-9,18-19H,4,7H2,(H,17,20)(H,21,22). The Morgan fingerprint density at radius 2 is 1.82 bits per heavy atom. The van der Waals surface area contributed by atoms with Crippen LogP contribution in [0.4, 0.5) is 5.69 Å². The Hall–Kier alpha value is -3.02. The normalized spacial score (nSPS) is 10.2. The van der Waals surface area contributed by atoms with Gasteiger partial charge in [-0.3, -0.25) is 4.79 Å². The highest BCUT2D eigenvalue weighted by atomic mass is 16.4. The van der Waals surface area contributed by atoms with Crippen LogP contribution >= 0.6 is 0 Å². The number of anilines is 1. The lowest BCUT2D eigenvalue weighted by Gasteiger charge is -2.07. The van der Waals surface area contributed by atoms with Crippen LogP contribution in [0.15, 0.2) is 42.5 Å². The summed E-state index contributed by atoms with van der Waals surface area (Å²) in [6, 6.07) is 10.5. The molecule has 22 heavy (non-hydrogen) atoms. The van der Waals surface area contributed by atoms with Gasteiger partial charge in [0.25, 0.3) is 0 Å². The second-order valence-electron chi connectivity index (χ2n) is 4.76. The van der Waals surface area contributed by atoms with Crippen molar-refractivity contribution < 1.29 is 24.9 Å². The molecule has 0 atom stereocenters. The Morgan fingerprint density at radius 1 is 1.05 bits per heavy atom. The minimum absolute atomic E-state index is 0.145. The number of phenols is 2. The van der Waals surface area contributed by atoms with E-state index in [1.807, 2.05) is 0 Å². The van der Waals surface area contributed by atoms with E-state index in [9.17, 15) is 19.8 Å². The molecular weight excluding hydrogens is 286 g/mol. The monoisotopic (exact) mass is 301 g/mol. The van der Waals surface area contributed by atoms with E-state index in [1.54, 1.807) is 24.3 Å². The third-order valence-electron chi connectivity index (χ3n) is 3.06. The quantitative estimate of drug-likeness (QED) is 0.678. The smallest absolute Gasteiger partial charge is 0.339 e. The Balaban J connectivity index is 1.95. The molecule has 114 valence electrons. The van der Waals surface area contributed by atoms with E-state index in [0.717, 1.165) is 5.56 Å². The van der Waals surface area contributed by atoms with E-state index < -0.39 is 11.7 Å². The number of carboxylic acids is 1. The summed E-state index contributed by atoms with van der Waals surface area (Å²) in [7, 11) is 0. The van der Waals surface area contributed by atoms with Crippen molar-refractivity contribution in [3.05, 3.63) is 53.6 Å². The Kier molecular flexibility index (Phi) is 4.63. The Bertz CT molecular complexity index is 711. The van der Waals surface area contributed by atoms with Crippen LogP contribution in [0.1, 0.15) is 22.3 Å². The van der Waals surface area contributed by atoms with Crippen LogP contribution in [0.3, 0.4) is 0 Å². The topological polar surface area (TPSA) is 107 Å². The van der Waals surface area contributed by atoms with Gasteiger partial charge in [0, 0.05) is 18.2 Å². The van der Waals surface area contributed by atoms with E-state index in [1.165, 1.54) is 18.2 Å². The predicted molar refractivity (Wildman–Crippen MR) is 80.1 cm³/mol. The maximum atomic E-state index is 11.8. The molecule has 0 radical (unpaired) electrons. The largest absolute Gasteiger partial charge is 0.508 e. The van der Waals surface area contributed by atoms with Gasteiger partial charge in [-0.2, -0.15) is 0 Å². The third kappa shape index (κ3) is 3.99. The molecule has 0 saturated heterocycles. The third-order valence-corrected chi connectivity index (χ3v) is 3.06. The summed E-state index contributed by atoms with van der Waals surface area (Å²) in [5, 5.41) is 30.3. The summed E-state index contributed by atoms with van der Waals surface area (Å²) in [6.45, 7) is 0. The lowest BCUT2D eigenvalue weighted by Crippen LogP contribution is -2.12. The molecule has 1 amide bonds. The number of aromatic carboxylic acids is 1. The van der Waals surface area contributed by atoms with Crippen LogP contribution in [-0.4, -0.2) is 27.2 Å². The lowest BCUT2D eigenvalue weighted by molar-refractivity contribution is -0.116. The molecule has 2 rings (SSSR count). The highest BCUT2D eigenvalue weighted by molar-refractivity contribution is 5.94. The molecule has 0 spiro atoms. The molecule has 2 aromatic carbocycles. The molecule has 0 aromatic heterocycles. The Morgan fingerprint density at radius 3 is 2.45 bits per heavy atom. The summed E-state index contributed by atoms with van der Waals surface area (Å²) in [4.78, 5) is 22.6. The number of carbonyl (C=O) groups excluding carboxylic acids is 1. The number of nitrogens with one attached hydrogen (secondary N) is 1. The first-order chi connectivity index (χ1) is 10.5. The second kappa shape index (κ2) is 6.62. The number of rotatable bonds is 5. The van der Waals surface area contributed by atoms with E-state index in [0.29, 0.717) is 12.1 Å². The number of hydrogen-bond donors (Lipinski definition) is 4. The molecule has 6 nitrogen and oxygen atoms in total. The van der Waals surface area contributed by atoms with Gasteiger partial charge in [0.05, 0.1) is 0 Å². The van der Waals surface area contributed by atoms with Crippen LogP contribution in [0, 0.1) is 0 Å². The van der Waals surface area contributed by atoms with Crippen molar-refractivity contribution in [1.82, 2.24) is 0 Å². The summed E-state index contributed by atoms with van der Waals surface area (Å²) in [5.74, 6) is -1.77. The van der Waals surface area contributed by atoms with Crippen LogP contribution in [0.25, 0.3) is 0 Å². The van der Waals surface area contributed by atoms with Gasteiger partial charge in [-0.15, -0.1) is 0 Å². The maximum absolute atomic E-state index is 11.8. The van der Waals surface area contributed by atoms with Crippen molar-refractivity contribution in [2.75, 3.05) is 5.32 Å². The summed E-state index contributed by atoms with van der Waals surface area (Å²) < 4.78 is 0. The number of amides is 1. The zero-order valence-corrected chi connectivity index (χ0v) is 11.6. The van der Waals surface area contributed by atoms with Gasteiger partial charge in [-0.05, 0) is 36.2 Å². The molecule has 0 bridgehead atoms. The molecule has 0 saturated carbocycles. The zero-order chi connectivity index (χ0) is 16.1. The van der Waals surface area contributed by atoms with Crippen molar-refractivity contribution in [3.63, 3.8) is 0 Å². The number of phenolic OH excluding ortho intramolecular Hbond substituents is 1. The fraction of sp³-hybridized carbons (Fsp3) is 0.125. The molecule has 4 N–H and O–H groups in total. The van der Waals surface area contributed by atoms with Crippen LogP contribution in [-0.2, 0) is 11.2 Å². The van der Waals surface area contributed by atoms with Gasteiger partial charge in [0.15, 0.2) is 0 Å². The van der Waals surface area contributed by atoms with Gasteiger partial charge in [-0.1, -0.05) is 12.1 Å². The van der Waals surface area contributed by atoms with Crippen molar-refractivity contribution in [2.24, 2.45) is 0 Å². The number of hydrogen-bond acceptors (Lipinski definition) is 4. The first-order valence-corrected chi connectivity index (χ1v) is 6.60. The zero-order valence-electron chi connectivity index (χ0n) is 11.6. The van der Waals surface area contributed by atoms with Crippen LogP contribution in [0.2, 0.25) is 0 Å². The molecule has 0 unspecified atom stereocenters. The minimum atomic E-state index is -1.24. The molecule has 0 aliphatic rings. The van der Waals surface area contributed by atoms with Crippen molar-refractivity contribution in [3.8, 4) is 11.5 Å². The second-order valence-corrected chi connectivity index (χ2v) is 4.76. The van der Waals surface area contributed by atoms with Crippen LogP contribution < -0.4 is 5.32 Å². The molecule has 6 heteroatoms. The maximum Gasteiger partial charge on any atom is 0.339 e. The number of carboxylic acid groups (broad SMARTS) is 1. The van der Waals surface area contributed by atoms with Gasteiger partial charge in [-0.25, -0.2) is 4.79 Å². The van der Waals surface area contributed by atoms with Crippen molar-refractivity contribution in [1.29, 1.82) is 0 Å². The van der Waals surface area contributed by atoms with Gasteiger partial charge < -0.3 is 20.6 Å². The Labute approximate surface area is 126 Å². The predicted octanol–water partition coefficient (Wildman–Crippen LogP) is 2.37. The molecule has 0 aliphatic carbocycles.